The number of halogens is 1. The van der Waals surface area contributed by atoms with Crippen molar-refractivity contribution in [3.05, 3.63) is 76.8 Å². The van der Waals surface area contributed by atoms with Crippen LogP contribution in [0.15, 0.2) is 60.3 Å². The van der Waals surface area contributed by atoms with Gasteiger partial charge in [-0.3, -0.25) is 0 Å². The number of hydrogen-bond acceptors (Lipinski definition) is 2. The lowest BCUT2D eigenvalue weighted by Crippen LogP contribution is -1.91. The predicted octanol–water partition coefficient (Wildman–Crippen LogP) is 4.53. The van der Waals surface area contributed by atoms with Crippen LogP contribution in [0, 0.1) is 0 Å². The van der Waals surface area contributed by atoms with E-state index in [0.29, 0.717) is 11.6 Å². The first-order chi connectivity index (χ1) is 9.29. The van der Waals surface area contributed by atoms with Gasteiger partial charge in [0.15, 0.2) is 0 Å². The summed E-state index contributed by atoms with van der Waals surface area (Å²) in [5, 5.41) is 4.62. The lowest BCUT2D eigenvalue weighted by Gasteiger charge is -2.03. The summed E-state index contributed by atoms with van der Waals surface area (Å²) in [6, 6.07) is 15.3. The second-order valence-electron chi connectivity index (χ2n) is 3.97. The zero-order valence-corrected chi connectivity index (χ0v) is 11.2. The molecule has 0 N–H and O–H groups in total. The van der Waals surface area contributed by atoms with Gasteiger partial charge in [-0.25, -0.2) is 0 Å². The Morgan fingerprint density at radius 1 is 1.16 bits per heavy atom. The summed E-state index contributed by atoms with van der Waals surface area (Å²) in [7, 11) is 0. The van der Waals surface area contributed by atoms with E-state index in [2.05, 4.69) is 11.7 Å². The molecule has 3 heteroatoms. The van der Waals surface area contributed by atoms with Gasteiger partial charge in [0.25, 0.3) is 0 Å². The van der Waals surface area contributed by atoms with Crippen molar-refractivity contribution in [2.75, 3.05) is 0 Å². The van der Waals surface area contributed by atoms with Crippen LogP contribution in [-0.4, -0.2) is 6.21 Å². The Hall–Kier alpha value is -2.06. The standard InChI is InChI=1S/C16H14ClNO/c1-2-14-7-3-4-8-15(14)12-19-18-11-13-6-5-9-16(17)10-13/h2-11H,1,12H2. The Bertz CT molecular complexity index is 593. The fraction of sp³-hybridized carbons (Fsp3) is 0.0625. The minimum absolute atomic E-state index is 0.416. The number of hydrogen-bond donors (Lipinski definition) is 0. The SMILES string of the molecule is C=Cc1ccccc1CON=Cc1cccc(Cl)c1. The molecule has 0 fully saturated rings. The van der Waals surface area contributed by atoms with E-state index < -0.39 is 0 Å². The molecule has 19 heavy (non-hydrogen) atoms. The summed E-state index contributed by atoms with van der Waals surface area (Å²) >= 11 is 5.88. The predicted molar refractivity (Wildman–Crippen MR) is 80.4 cm³/mol. The van der Waals surface area contributed by atoms with Crippen molar-refractivity contribution in [1.29, 1.82) is 0 Å². The van der Waals surface area contributed by atoms with Gasteiger partial charge in [-0.05, 0) is 28.8 Å². The fourth-order valence-corrected chi connectivity index (χ4v) is 1.86. The maximum atomic E-state index is 5.88. The average Bonchev–Trinajstić information content (AvgIpc) is 2.44. The Morgan fingerprint density at radius 3 is 2.79 bits per heavy atom. The third-order valence-electron chi connectivity index (χ3n) is 2.62. The fourth-order valence-electron chi connectivity index (χ4n) is 1.66. The molecule has 0 radical (unpaired) electrons. The van der Waals surface area contributed by atoms with Gasteiger partial charge < -0.3 is 4.84 Å². The summed E-state index contributed by atoms with van der Waals surface area (Å²) < 4.78 is 0. The van der Waals surface area contributed by atoms with Gasteiger partial charge in [0.2, 0.25) is 0 Å². The molecule has 0 aromatic heterocycles. The molecule has 2 aromatic rings. The van der Waals surface area contributed by atoms with E-state index in [4.69, 9.17) is 16.4 Å². The molecule has 2 rings (SSSR count). The molecule has 0 bridgehead atoms. The minimum Gasteiger partial charge on any atom is -0.391 e. The van der Waals surface area contributed by atoms with Crippen molar-refractivity contribution in [3.8, 4) is 0 Å². The molecular formula is C16H14ClNO. The summed E-state index contributed by atoms with van der Waals surface area (Å²) in [5.74, 6) is 0. The zero-order valence-electron chi connectivity index (χ0n) is 10.4. The molecule has 0 aliphatic carbocycles. The van der Waals surface area contributed by atoms with Crippen molar-refractivity contribution >= 4 is 23.9 Å². The van der Waals surface area contributed by atoms with E-state index in [-0.39, 0.29) is 0 Å². The maximum Gasteiger partial charge on any atom is 0.142 e. The summed E-state index contributed by atoms with van der Waals surface area (Å²) in [6.45, 7) is 4.18. The molecule has 0 unspecified atom stereocenters. The van der Waals surface area contributed by atoms with Gasteiger partial charge in [-0.15, -0.1) is 0 Å². The van der Waals surface area contributed by atoms with Gasteiger partial charge in [0.05, 0.1) is 6.21 Å². The highest BCUT2D eigenvalue weighted by molar-refractivity contribution is 6.30. The molecular weight excluding hydrogens is 258 g/mol. The van der Waals surface area contributed by atoms with Crippen LogP contribution in [-0.2, 0) is 11.4 Å². The topological polar surface area (TPSA) is 21.6 Å². The van der Waals surface area contributed by atoms with Crippen LogP contribution < -0.4 is 0 Å². The highest BCUT2D eigenvalue weighted by atomic mass is 35.5. The maximum absolute atomic E-state index is 5.88. The minimum atomic E-state index is 0.416. The molecule has 0 aliphatic heterocycles. The van der Waals surface area contributed by atoms with E-state index >= 15 is 0 Å². The monoisotopic (exact) mass is 271 g/mol. The van der Waals surface area contributed by atoms with Crippen molar-refractivity contribution in [1.82, 2.24) is 0 Å². The summed E-state index contributed by atoms with van der Waals surface area (Å²) in [6.07, 6.45) is 3.45. The number of oxime groups is 1. The molecule has 2 nitrogen and oxygen atoms in total. The van der Waals surface area contributed by atoms with E-state index in [1.807, 2.05) is 48.5 Å². The first-order valence-corrected chi connectivity index (χ1v) is 6.28. The Balaban J connectivity index is 1.95. The van der Waals surface area contributed by atoms with Gasteiger partial charge in [0, 0.05) is 5.02 Å². The van der Waals surface area contributed by atoms with E-state index in [1.165, 1.54) is 0 Å². The largest absolute Gasteiger partial charge is 0.391 e. The van der Waals surface area contributed by atoms with Crippen molar-refractivity contribution in [2.45, 2.75) is 6.61 Å². The van der Waals surface area contributed by atoms with Crippen LogP contribution in [0.5, 0.6) is 0 Å². The van der Waals surface area contributed by atoms with Crippen LogP contribution >= 0.6 is 11.6 Å². The molecule has 0 heterocycles. The second-order valence-corrected chi connectivity index (χ2v) is 4.40. The second kappa shape index (κ2) is 6.76. The van der Waals surface area contributed by atoms with Crippen LogP contribution in [0.2, 0.25) is 5.02 Å². The lowest BCUT2D eigenvalue weighted by molar-refractivity contribution is 0.132. The van der Waals surface area contributed by atoms with Gasteiger partial charge in [0.1, 0.15) is 6.61 Å². The highest BCUT2D eigenvalue weighted by Gasteiger charge is 1.97. The van der Waals surface area contributed by atoms with Crippen molar-refractivity contribution in [2.24, 2.45) is 5.16 Å². The van der Waals surface area contributed by atoms with Crippen LogP contribution in [0.1, 0.15) is 16.7 Å². The number of benzene rings is 2. The first kappa shape index (κ1) is 13.4. The third kappa shape index (κ3) is 3.97. The number of rotatable bonds is 5. The van der Waals surface area contributed by atoms with E-state index in [0.717, 1.165) is 16.7 Å². The third-order valence-corrected chi connectivity index (χ3v) is 2.86. The Morgan fingerprint density at radius 2 is 2.00 bits per heavy atom. The quantitative estimate of drug-likeness (QED) is 0.578. The first-order valence-electron chi connectivity index (χ1n) is 5.91. The lowest BCUT2D eigenvalue weighted by atomic mass is 10.1. The van der Waals surface area contributed by atoms with E-state index in [9.17, 15) is 0 Å². The van der Waals surface area contributed by atoms with Crippen molar-refractivity contribution < 1.29 is 4.84 Å². The Labute approximate surface area is 118 Å². The summed E-state index contributed by atoms with van der Waals surface area (Å²) in [4.78, 5) is 5.28. The molecule has 0 spiro atoms. The molecule has 0 saturated carbocycles. The van der Waals surface area contributed by atoms with Crippen molar-refractivity contribution in [3.63, 3.8) is 0 Å². The van der Waals surface area contributed by atoms with E-state index in [1.54, 1.807) is 12.3 Å². The molecule has 0 saturated heterocycles. The summed E-state index contributed by atoms with van der Waals surface area (Å²) in [5.41, 5.74) is 3.02. The molecule has 0 atom stereocenters. The Kier molecular flexibility index (Phi) is 4.76. The zero-order chi connectivity index (χ0) is 13.5. The highest BCUT2D eigenvalue weighted by Crippen LogP contribution is 2.12. The average molecular weight is 272 g/mol. The van der Waals surface area contributed by atoms with Gasteiger partial charge in [-0.1, -0.05) is 65.8 Å². The van der Waals surface area contributed by atoms with Gasteiger partial charge in [-0.2, -0.15) is 0 Å². The van der Waals surface area contributed by atoms with Crippen LogP contribution in [0.3, 0.4) is 0 Å². The molecule has 2 aromatic carbocycles. The molecule has 96 valence electrons. The van der Waals surface area contributed by atoms with Crippen LogP contribution in [0.4, 0.5) is 0 Å². The van der Waals surface area contributed by atoms with Crippen LogP contribution in [0.25, 0.3) is 6.08 Å². The number of nitrogens with zero attached hydrogens (tertiary/aromatic N) is 1. The molecule has 0 aliphatic rings. The molecule has 0 amide bonds. The smallest absolute Gasteiger partial charge is 0.142 e. The normalized spacial score (nSPS) is 10.6. The van der Waals surface area contributed by atoms with Gasteiger partial charge >= 0.3 is 0 Å².